The maximum Gasteiger partial charge on any atom is 0.327 e. The predicted octanol–water partition coefficient (Wildman–Crippen LogP) is 1.87. The molecule has 6 rings (SSSR count). The monoisotopic (exact) mass is 417 g/mol. The smallest absolute Gasteiger partial charge is 0.327 e. The fourth-order valence-corrected chi connectivity index (χ4v) is 7.18. The van der Waals surface area contributed by atoms with Crippen LogP contribution in [0, 0.1) is 17.8 Å². The summed E-state index contributed by atoms with van der Waals surface area (Å²) in [6.07, 6.45) is 8.94. The fourth-order valence-electron chi connectivity index (χ4n) is 7.18. The summed E-state index contributed by atoms with van der Waals surface area (Å²) in [5.74, 6) is 0.745. The highest BCUT2D eigenvalue weighted by Crippen LogP contribution is 2.55. The van der Waals surface area contributed by atoms with Gasteiger partial charge in [0.15, 0.2) is 6.10 Å². The summed E-state index contributed by atoms with van der Waals surface area (Å²) >= 11 is 0. The Bertz CT molecular complexity index is 752. The van der Waals surface area contributed by atoms with Crippen molar-refractivity contribution in [3.63, 3.8) is 0 Å². The van der Waals surface area contributed by atoms with E-state index in [4.69, 9.17) is 4.74 Å². The molecule has 1 saturated heterocycles. The lowest BCUT2D eigenvalue weighted by Crippen LogP contribution is -2.61. The standard InChI is InChI=1S/C22H31N3O5/c1-13(18(27)23-21-9-14-6-15(10-21)8-16(7-14)11-21)30-17(26)12-25-19(28)22(24-20(25)29)4-2-3-5-22/h13-16H,2-12H2,1H3,(H,23,27)(H,24,29)/t13-,14?,15?,16?,21?/m0/s1. The van der Waals surface area contributed by atoms with Crippen LogP contribution in [0.4, 0.5) is 4.79 Å². The lowest BCUT2D eigenvalue weighted by Gasteiger charge is -2.57. The van der Waals surface area contributed by atoms with Gasteiger partial charge in [0.05, 0.1) is 0 Å². The van der Waals surface area contributed by atoms with E-state index in [1.807, 2.05) is 0 Å². The van der Waals surface area contributed by atoms with Crippen LogP contribution in [0.15, 0.2) is 0 Å². The third-order valence-electron chi connectivity index (χ3n) is 8.09. The molecule has 0 unspecified atom stereocenters. The van der Waals surface area contributed by atoms with Crippen molar-refractivity contribution in [2.45, 2.75) is 88.3 Å². The van der Waals surface area contributed by atoms with E-state index in [0.717, 1.165) is 37.0 Å². The van der Waals surface area contributed by atoms with Crippen LogP contribution >= 0.6 is 0 Å². The van der Waals surface area contributed by atoms with E-state index in [9.17, 15) is 19.2 Å². The Balaban J connectivity index is 1.16. The maximum absolute atomic E-state index is 12.8. The molecule has 4 amide bonds. The molecule has 8 nitrogen and oxygen atoms in total. The molecule has 1 spiro atoms. The van der Waals surface area contributed by atoms with Gasteiger partial charge < -0.3 is 15.4 Å². The summed E-state index contributed by atoms with van der Waals surface area (Å²) in [6, 6.07) is -0.551. The number of rotatable bonds is 5. The molecule has 164 valence electrons. The Morgan fingerprint density at radius 3 is 2.23 bits per heavy atom. The van der Waals surface area contributed by atoms with Crippen LogP contribution < -0.4 is 10.6 Å². The van der Waals surface area contributed by atoms with Crippen molar-refractivity contribution in [2.24, 2.45) is 17.8 Å². The van der Waals surface area contributed by atoms with Crippen LogP contribution in [0.1, 0.15) is 71.1 Å². The van der Waals surface area contributed by atoms with Crippen molar-refractivity contribution in [3.8, 4) is 0 Å². The van der Waals surface area contributed by atoms with Gasteiger partial charge in [-0.3, -0.25) is 19.3 Å². The average Bonchev–Trinajstić information content (AvgIpc) is 3.21. The first-order chi connectivity index (χ1) is 14.3. The first-order valence-electron chi connectivity index (χ1n) is 11.4. The molecule has 8 heteroatoms. The summed E-state index contributed by atoms with van der Waals surface area (Å²) in [4.78, 5) is 51.0. The average molecular weight is 418 g/mol. The molecule has 6 fully saturated rings. The summed E-state index contributed by atoms with van der Waals surface area (Å²) in [6.45, 7) is 1.10. The van der Waals surface area contributed by atoms with Crippen molar-refractivity contribution in [2.75, 3.05) is 6.54 Å². The highest BCUT2D eigenvalue weighted by atomic mass is 16.5. The van der Waals surface area contributed by atoms with Gasteiger partial charge in [-0.1, -0.05) is 12.8 Å². The number of esters is 1. The second-order valence-electron chi connectivity index (χ2n) is 10.4. The molecule has 6 aliphatic rings. The van der Waals surface area contributed by atoms with E-state index < -0.39 is 30.2 Å². The highest BCUT2D eigenvalue weighted by Gasteiger charge is 2.53. The molecule has 0 aromatic heterocycles. The molecule has 4 bridgehead atoms. The topological polar surface area (TPSA) is 105 Å². The molecule has 1 aliphatic heterocycles. The third kappa shape index (κ3) is 3.28. The second kappa shape index (κ2) is 6.95. The zero-order valence-corrected chi connectivity index (χ0v) is 17.6. The molecule has 1 heterocycles. The zero-order chi connectivity index (χ0) is 21.1. The number of ether oxygens (including phenoxy) is 1. The van der Waals surface area contributed by atoms with Crippen molar-refractivity contribution in [1.29, 1.82) is 0 Å². The van der Waals surface area contributed by atoms with Crippen LogP contribution in [-0.4, -0.2) is 52.4 Å². The number of nitrogens with zero attached hydrogens (tertiary/aromatic N) is 1. The Morgan fingerprint density at radius 2 is 1.67 bits per heavy atom. The summed E-state index contributed by atoms with van der Waals surface area (Å²) in [5, 5.41) is 5.95. The molecule has 5 aliphatic carbocycles. The third-order valence-corrected chi connectivity index (χ3v) is 8.09. The highest BCUT2D eigenvalue weighted by molar-refractivity contribution is 6.08. The molecule has 0 aromatic rings. The first kappa shape index (κ1) is 19.8. The van der Waals surface area contributed by atoms with Gasteiger partial charge in [-0.25, -0.2) is 4.79 Å². The summed E-state index contributed by atoms with van der Waals surface area (Å²) in [5.41, 5.74) is -0.995. The lowest BCUT2D eigenvalue weighted by molar-refractivity contribution is -0.158. The number of amides is 4. The molecule has 0 aromatic carbocycles. The fraction of sp³-hybridized carbons (Fsp3) is 0.818. The van der Waals surface area contributed by atoms with Crippen molar-refractivity contribution in [1.82, 2.24) is 15.5 Å². The van der Waals surface area contributed by atoms with Gasteiger partial charge in [0.1, 0.15) is 12.1 Å². The zero-order valence-electron chi connectivity index (χ0n) is 17.6. The van der Waals surface area contributed by atoms with E-state index in [0.29, 0.717) is 30.6 Å². The van der Waals surface area contributed by atoms with Gasteiger partial charge in [0, 0.05) is 5.54 Å². The van der Waals surface area contributed by atoms with Crippen LogP contribution in [0.5, 0.6) is 0 Å². The van der Waals surface area contributed by atoms with Crippen molar-refractivity contribution >= 4 is 23.8 Å². The van der Waals surface area contributed by atoms with Gasteiger partial charge in [-0.15, -0.1) is 0 Å². The Morgan fingerprint density at radius 1 is 1.10 bits per heavy atom. The number of hydrogen-bond acceptors (Lipinski definition) is 5. The molecule has 1 atom stereocenters. The van der Waals surface area contributed by atoms with E-state index >= 15 is 0 Å². The first-order valence-corrected chi connectivity index (χ1v) is 11.4. The Hall–Kier alpha value is -2.12. The largest absolute Gasteiger partial charge is 0.451 e. The van der Waals surface area contributed by atoms with Gasteiger partial charge in [-0.2, -0.15) is 0 Å². The molecule has 5 saturated carbocycles. The van der Waals surface area contributed by atoms with Crippen LogP contribution in [0.3, 0.4) is 0 Å². The normalized spacial score (nSPS) is 36.8. The SMILES string of the molecule is C[C@H](OC(=O)CN1C(=O)NC2(CCCC2)C1=O)C(=O)NC12CC3CC(CC(C3)C1)C2. The number of carbonyl (C=O) groups is 4. The number of imide groups is 1. The number of urea groups is 1. The van der Waals surface area contributed by atoms with Gasteiger partial charge >= 0.3 is 12.0 Å². The van der Waals surface area contributed by atoms with Gasteiger partial charge in [-0.05, 0) is 76.0 Å². The lowest BCUT2D eigenvalue weighted by atomic mass is 9.53. The predicted molar refractivity (Wildman–Crippen MR) is 106 cm³/mol. The molecule has 0 radical (unpaired) electrons. The van der Waals surface area contributed by atoms with Gasteiger partial charge in [0.25, 0.3) is 11.8 Å². The van der Waals surface area contributed by atoms with Crippen molar-refractivity contribution in [3.05, 3.63) is 0 Å². The van der Waals surface area contributed by atoms with E-state index in [-0.39, 0.29) is 17.4 Å². The molecular formula is C22H31N3O5. The van der Waals surface area contributed by atoms with Crippen LogP contribution in [0.25, 0.3) is 0 Å². The van der Waals surface area contributed by atoms with Crippen LogP contribution in [0.2, 0.25) is 0 Å². The van der Waals surface area contributed by atoms with E-state index in [1.165, 1.54) is 19.3 Å². The van der Waals surface area contributed by atoms with Crippen LogP contribution in [-0.2, 0) is 19.1 Å². The minimum atomic E-state index is -0.952. The number of nitrogens with one attached hydrogen (secondary N) is 2. The minimum absolute atomic E-state index is 0.147. The number of hydrogen-bond donors (Lipinski definition) is 2. The Labute approximate surface area is 176 Å². The quantitative estimate of drug-likeness (QED) is 0.525. The van der Waals surface area contributed by atoms with E-state index in [1.54, 1.807) is 6.92 Å². The maximum atomic E-state index is 12.8. The summed E-state index contributed by atoms with van der Waals surface area (Å²) < 4.78 is 5.31. The van der Waals surface area contributed by atoms with Gasteiger partial charge in [0.2, 0.25) is 0 Å². The Kier molecular flexibility index (Phi) is 4.59. The minimum Gasteiger partial charge on any atom is -0.451 e. The molecular weight excluding hydrogens is 386 g/mol. The molecule has 2 N–H and O–H groups in total. The summed E-state index contributed by atoms with van der Waals surface area (Å²) in [7, 11) is 0. The number of carbonyl (C=O) groups excluding carboxylic acids is 4. The van der Waals surface area contributed by atoms with Crippen molar-refractivity contribution < 1.29 is 23.9 Å². The second-order valence-corrected chi connectivity index (χ2v) is 10.4. The van der Waals surface area contributed by atoms with E-state index in [2.05, 4.69) is 10.6 Å². The molecule has 30 heavy (non-hydrogen) atoms.